The molecule has 2 aromatic rings. The molecule has 0 aliphatic carbocycles. The third kappa shape index (κ3) is 1.20. The highest BCUT2D eigenvalue weighted by atomic mass is 19.3. The van der Waals surface area contributed by atoms with E-state index in [9.17, 15) is 13.6 Å². The summed E-state index contributed by atoms with van der Waals surface area (Å²) in [5.41, 5.74) is -0.698. The van der Waals surface area contributed by atoms with E-state index in [1.54, 1.807) is 0 Å². The number of nitrogens with one attached hydrogen (secondary N) is 1. The largest absolute Gasteiger partial charge is 0.326 e. The highest BCUT2D eigenvalue weighted by Gasteiger charge is 2.12. The molecule has 1 N–H and O–H groups in total. The molecule has 2 heterocycles. The first-order valence-electron chi connectivity index (χ1n) is 3.53. The first-order chi connectivity index (χ1) is 6.18. The van der Waals surface area contributed by atoms with Gasteiger partial charge in [0.15, 0.2) is 0 Å². The van der Waals surface area contributed by atoms with Gasteiger partial charge in [-0.15, -0.1) is 0 Å². The molecule has 0 spiro atoms. The lowest BCUT2D eigenvalue weighted by Gasteiger charge is -1.88. The van der Waals surface area contributed by atoms with Crippen molar-refractivity contribution in [3.05, 3.63) is 34.5 Å². The monoisotopic (exact) mass is 185 g/mol. The minimum atomic E-state index is -2.65. The Kier molecular flexibility index (Phi) is 1.61. The predicted octanol–water partition coefficient (Wildman–Crippen LogP) is 0.960. The van der Waals surface area contributed by atoms with Crippen molar-refractivity contribution in [3.8, 4) is 0 Å². The van der Waals surface area contributed by atoms with E-state index in [2.05, 4.69) is 10.1 Å². The Morgan fingerprint density at radius 1 is 1.54 bits per heavy atom. The molecular formula is C7H5F2N3O. The molecule has 2 rings (SSSR count). The van der Waals surface area contributed by atoms with Gasteiger partial charge in [-0.2, -0.15) is 5.10 Å². The standard InChI is InChI=1S/C7H5F2N3O/c8-6(9)4-3-5-7(13)10-1-2-12(5)11-4/h1-3,6H,(H,10,13). The van der Waals surface area contributed by atoms with E-state index in [1.165, 1.54) is 12.4 Å². The smallest absolute Gasteiger partial charge is 0.282 e. The maximum Gasteiger partial charge on any atom is 0.282 e. The van der Waals surface area contributed by atoms with Crippen LogP contribution in [0.3, 0.4) is 0 Å². The van der Waals surface area contributed by atoms with Crippen LogP contribution in [0, 0.1) is 0 Å². The highest BCUT2D eigenvalue weighted by molar-refractivity contribution is 5.44. The molecule has 0 aliphatic heterocycles. The number of aromatic nitrogens is 3. The molecular weight excluding hydrogens is 180 g/mol. The fraction of sp³-hybridized carbons (Fsp3) is 0.143. The van der Waals surface area contributed by atoms with Crippen molar-refractivity contribution in [2.75, 3.05) is 0 Å². The van der Waals surface area contributed by atoms with Crippen LogP contribution in [0.15, 0.2) is 23.3 Å². The van der Waals surface area contributed by atoms with Crippen molar-refractivity contribution in [1.82, 2.24) is 14.6 Å². The van der Waals surface area contributed by atoms with Crippen molar-refractivity contribution in [3.63, 3.8) is 0 Å². The molecule has 0 bridgehead atoms. The zero-order chi connectivity index (χ0) is 9.42. The van der Waals surface area contributed by atoms with Gasteiger partial charge >= 0.3 is 0 Å². The maximum atomic E-state index is 12.1. The van der Waals surface area contributed by atoms with Crippen LogP contribution in [0.5, 0.6) is 0 Å². The van der Waals surface area contributed by atoms with Crippen molar-refractivity contribution in [2.45, 2.75) is 6.43 Å². The van der Waals surface area contributed by atoms with Crippen molar-refractivity contribution < 1.29 is 8.78 Å². The van der Waals surface area contributed by atoms with Crippen molar-refractivity contribution in [2.24, 2.45) is 0 Å². The summed E-state index contributed by atoms with van der Waals surface area (Å²) in [4.78, 5) is 13.4. The normalized spacial score (nSPS) is 11.3. The van der Waals surface area contributed by atoms with Crippen LogP contribution >= 0.6 is 0 Å². The van der Waals surface area contributed by atoms with Crippen LogP contribution in [0.1, 0.15) is 12.1 Å². The van der Waals surface area contributed by atoms with Crippen LogP contribution in [-0.4, -0.2) is 14.6 Å². The number of hydrogen-bond donors (Lipinski definition) is 1. The molecule has 0 fully saturated rings. The summed E-state index contributed by atoms with van der Waals surface area (Å²) in [5.74, 6) is 0. The summed E-state index contributed by atoms with van der Waals surface area (Å²) < 4.78 is 25.4. The van der Waals surface area contributed by atoms with Crippen LogP contribution < -0.4 is 5.56 Å². The van der Waals surface area contributed by atoms with E-state index in [4.69, 9.17) is 0 Å². The number of alkyl halides is 2. The van der Waals surface area contributed by atoms with Crippen molar-refractivity contribution in [1.29, 1.82) is 0 Å². The van der Waals surface area contributed by atoms with Crippen LogP contribution in [0.4, 0.5) is 8.78 Å². The first kappa shape index (κ1) is 7.90. The molecule has 0 unspecified atom stereocenters. The predicted molar refractivity (Wildman–Crippen MR) is 40.8 cm³/mol. The summed E-state index contributed by atoms with van der Waals surface area (Å²) in [7, 11) is 0. The van der Waals surface area contributed by atoms with Gasteiger partial charge in [0.1, 0.15) is 11.2 Å². The van der Waals surface area contributed by atoms with Crippen LogP contribution in [0.25, 0.3) is 5.52 Å². The van der Waals surface area contributed by atoms with Crippen molar-refractivity contribution >= 4 is 5.52 Å². The van der Waals surface area contributed by atoms with E-state index >= 15 is 0 Å². The lowest BCUT2D eigenvalue weighted by Crippen LogP contribution is -2.07. The van der Waals surface area contributed by atoms with E-state index in [-0.39, 0.29) is 5.52 Å². The van der Waals surface area contributed by atoms with E-state index in [0.717, 1.165) is 10.6 Å². The van der Waals surface area contributed by atoms with Gasteiger partial charge < -0.3 is 4.98 Å². The molecule has 0 radical (unpaired) electrons. The molecule has 4 nitrogen and oxygen atoms in total. The molecule has 0 saturated carbocycles. The fourth-order valence-corrected chi connectivity index (χ4v) is 1.06. The van der Waals surface area contributed by atoms with Gasteiger partial charge in [0.25, 0.3) is 12.0 Å². The number of rotatable bonds is 1. The quantitative estimate of drug-likeness (QED) is 0.719. The Hall–Kier alpha value is -1.72. The molecule has 13 heavy (non-hydrogen) atoms. The van der Waals surface area contributed by atoms with Gasteiger partial charge in [-0.3, -0.25) is 4.79 Å². The summed E-state index contributed by atoms with van der Waals surface area (Å²) in [6, 6.07) is 1.07. The molecule has 6 heteroatoms. The second kappa shape index (κ2) is 2.65. The summed E-state index contributed by atoms with van der Waals surface area (Å²) in [5, 5.41) is 3.52. The van der Waals surface area contributed by atoms with Gasteiger partial charge in [-0.1, -0.05) is 0 Å². The van der Waals surface area contributed by atoms with Crippen LogP contribution in [0.2, 0.25) is 0 Å². The second-order valence-corrected chi connectivity index (χ2v) is 2.49. The van der Waals surface area contributed by atoms with E-state index in [1.807, 2.05) is 0 Å². The molecule has 0 amide bonds. The first-order valence-corrected chi connectivity index (χ1v) is 3.53. The summed E-state index contributed by atoms with van der Waals surface area (Å²) in [6.45, 7) is 0. The molecule has 0 aromatic carbocycles. The zero-order valence-electron chi connectivity index (χ0n) is 6.37. The minimum Gasteiger partial charge on any atom is -0.326 e. The Labute approximate surface area is 70.8 Å². The zero-order valence-corrected chi connectivity index (χ0v) is 6.37. The topological polar surface area (TPSA) is 50.2 Å². The molecule has 68 valence electrons. The molecule has 2 aromatic heterocycles. The highest BCUT2D eigenvalue weighted by Crippen LogP contribution is 2.16. The Morgan fingerprint density at radius 2 is 2.31 bits per heavy atom. The number of aromatic amines is 1. The molecule has 0 saturated heterocycles. The van der Waals surface area contributed by atoms with Gasteiger partial charge in [0, 0.05) is 12.4 Å². The Morgan fingerprint density at radius 3 is 2.92 bits per heavy atom. The SMILES string of the molecule is O=c1[nH]ccn2nc(C(F)F)cc12. The Bertz CT molecular complexity index is 488. The lowest BCUT2D eigenvalue weighted by molar-refractivity contribution is 0.145. The number of halogens is 2. The molecule has 0 aliphatic rings. The van der Waals surface area contributed by atoms with Crippen LogP contribution in [-0.2, 0) is 0 Å². The van der Waals surface area contributed by atoms with Gasteiger partial charge in [0.05, 0.1) is 0 Å². The molecule has 0 atom stereocenters. The summed E-state index contributed by atoms with van der Waals surface area (Å²) in [6.07, 6.45) is 0.0968. The Balaban J connectivity index is 2.76. The van der Waals surface area contributed by atoms with E-state index in [0.29, 0.717) is 0 Å². The summed E-state index contributed by atoms with van der Waals surface area (Å²) >= 11 is 0. The second-order valence-electron chi connectivity index (χ2n) is 2.49. The third-order valence-electron chi connectivity index (χ3n) is 1.64. The lowest BCUT2D eigenvalue weighted by atomic mass is 10.4. The third-order valence-corrected chi connectivity index (χ3v) is 1.64. The van der Waals surface area contributed by atoms with Gasteiger partial charge in [0.2, 0.25) is 0 Å². The fourth-order valence-electron chi connectivity index (χ4n) is 1.06. The minimum absolute atomic E-state index is 0.123. The van der Waals surface area contributed by atoms with Gasteiger partial charge in [-0.25, -0.2) is 13.3 Å². The number of nitrogens with zero attached hydrogens (tertiary/aromatic N) is 2. The maximum absolute atomic E-state index is 12.1. The number of H-pyrrole nitrogens is 1. The number of fused-ring (bicyclic) bond motifs is 1. The average molecular weight is 185 g/mol. The number of hydrogen-bond acceptors (Lipinski definition) is 2. The average Bonchev–Trinajstić information content (AvgIpc) is 2.49. The van der Waals surface area contributed by atoms with Gasteiger partial charge in [-0.05, 0) is 6.07 Å². The van der Waals surface area contributed by atoms with E-state index < -0.39 is 17.7 Å².